The molecule has 190 valence electrons. The van der Waals surface area contributed by atoms with Gasteiger partial charge in [0.05, 0.1) is 19.5 Å². The molecule has 1 aromatic carbocycles. The highest BCUT2D eigenvalue weighted by molar-refractivity contribution is 7.91. The van der Waals surface area contributed by atoms with Crippen molar-refractivity contribution in [3.63, 3.8) is 0 Å². The maximum atomic E-state index is 13.5. The number of aryl methyl sites for hydroxylation is 2. The van der Waals surface area contributed by atoms with E-state index in [0.29, 0.717) is 28.0 Å². The molecule has 3 aromatic heterocycles. The van der Waals surface area contributed by atoms with E-state index in [1.54, 1.807) is 29.7 Å². The highest BCUT2D eigenvalue weighted by atomic mass is 32.2. The molecule has 2 atom stereocenters. The Hall–Kier alpha value is -3.42. The van der Waals surface area contributed by atoms with Crippen molar-refractivity contribution in [1.82, 2.24) is 29.7 Å². The van der Waals surface area contributed by atoms with Gasteiger partial charge in [-0.2, -0.15) is 0 Å². The Morgan fingerprint density at radius 1 is 1.08 bits per heavy atom. The number of aliphatic hydroxyl groups excluding tert-OH is 1. The first-order valence-corrected chi connectivity index (χ1v) is 13.5. The fourth-order valence-corrected chi connectivity index (χ4v) is 5.66. The number of hydrogen-bond donors (Lipinski definition) is 1. The van der Waals surface area contributed by atoms with Crippen molar-refractivity contribution in [2.45, 2.75) is 37.9 Å². The summed E-state index contributed by atoms with van der Waals surface area (Å²) in [6, 6.07) is 5.22. The van der Waals surface area contributed by atoms with Gasteiger partial charge in [0, 0.05) is 23.5 Å². The van der Waals surface area contributed by atoms with Crippen LogP contribution >= 0.6 is 11.3 Å². The molecule has 0 unspecified atom stereocenters. The Bertz CT molecular complexity index is 1440. The van der Waals surface area contributed by atoms with Crippen LogP contribution in [0.1, 0.15) is 35.9 Å². The lowest BCUT2D eigenvalue weighted by molar-refractivity contribution is 0.166. The average Bonchev–Trinajstić information content (AvgIpc) is 3.48. The van der Waals surface area contributed by atoms with Crippen LogP contribution in [-0.4, -0.2) is 62.7 Å². The highest BCUT2D eigenvalue weighted by Crippen LogP contribution is 2.37. The van der Waals surface area contributed by atoms with E-state index in [1.165, 1.54) is 44.9 Å². The molecule has 0 amide bonds. The second-order valence-corrected chi connectivity index (χ2v) is 11.4. The van der Waals surface area contributed by atoms with Crippen molar-refractivity contribution in [1.29, 1.82) is 0 Å². The number of benzene rings is 1. The van der Waals surface area contributed by atoms with Gasteiger partial charge in [-0.1, -0.05) is 6.07 Å². The molecule has 13 heteroatoms. The van der Waals surface area contributed by atoms with Crippen LogP contribution in [0.25, 0.3) is 16.5 Å². The predicted molar refractivity (Wildman–Crippen MR) is 134 cm³/mol. The molecule has 0 aliphatic rings. The first-order chi connectivity index (χ1) is 17.2. The van der Waals surface area contributed by atoms with Gasteiger partial charge in [-0.15, -0.1) is 21.5 Å². The zero-order valence-electron chi connectivity index (χ0n) is 20.4. The fraction of sp³-hybridized carbons (Fsp3) is 0.348. The Morgan fingerprint density at radius 2 is 1.72 bits per heavy atom. The van der Waals surface area contributed by atoms with Crippen LogP contribution in [0.15, 0.2) is 36.0 Å². The Morgan fingerprint density at radius 3 is 2.28 bits per heavy atom. The summed E-state index contributed by atoms with van der Waals surface area (Å²) in [6.07, 6.45) is 1.63. The molecule has 0 fully saturated rings. The first-order valence-electron chi connectivity index (χ1n) is 10.9. The lowest BCUT2D eigenvalue weighted by Gasteiger charge is -2.20. The lowest BCUT2D eigenvalue weighted by atomic mass is 10.2. The standard InChI is InChI=1S/C23H26N6O5S2/c1-13-9-24-21(25-10-13)20(30)15(3)36(31,32)12-18-27-28-22(23-26-14(2)11-35-23)29(18)19-16(33-4)7-6-8-17(19)34-5/h6-11,15,20,30H,12H2,1-5H3/t15-,20+/m0/s1. The normalized spacial score (nSPS) is 13.4. The maximum Gasteiger partial charge on any atom is 0.197 e. The van der Waals surface area contributed by atoms with E-state index in [4.69, 9.17) is 9.47 Å². The number of ether oxygens (including phenoxy) is 2. The van der Waals surface area contributed by atoms with Crippen molar-refractivity contribution in [2.75, 3.05) is 14.2 Å². The topological polar surface area (TPSA) is 142 Å². The average molecular weight is 531 g/mol. The SMILES string of the molecule is COc1cccc(OC)c1-n1c(CS(=O)(=O)[C@@H](C)[C@@H](O)c2ncc(C)cn2)nnc1-c1nc(C)cs1. The smallest absolute Gasteiger partial charge is 0.197 e. The molecular formula is C23H26N6O5S2. The first kappa shape index (κ1) is 25.7. The summed E-state index contributed by atoms with van der Waals surface area (Å²) in [7, 11) is -0.944. The van der Waals surface area contributed by atoms with Crippen molar-refractivity contribution in [2.24, 2.45) is 0 Å². The number of thiazole rings is 1. The Balaban J connectivity index is 1.81. The van der Waals surface area contributed by atoms with Crippen molar-refractivity contribution in [3.8, 4) is 28.0 Å². The highest BCUT2D eigenvalue weighted by Gasteiger charge is 2.34. The van der Waals surface area contributed by atoms with Gasteiger partial charge in [0.15, 0.2) is 32.3 Å². The molecule has 0 bridgehead atoms. The third-order valence-corrected chi connectivity index (χ3v) is 8.58. The molecule has 1 N–H and O–H groups in total. The minimum absolute atomic E-state index is 0.0310. The number of rotatable bonds is 9. The molecule has 0 radical (unpaired) electrons. The van der Waals surface area contributed by atoms with Gasteiger partial charge in [-0.3, -0.25) is 4.57 Å². The summed E-state index contributed by atoms with van der Waals surface area (Å²) >= 11 is 1.36. The predicted octanol–water partition coefficient (Wildman–Crippen LogP) is 2.85. The van der Waals surface area contributed by atoms with Gasteiger partial charge >= 0.3 is 0 Å². The van der Waals surface area contributed by atoms with Crippen LogP contribution in [0, 0.1) is 13.8 Å². The number of sulfone groups is 1. The van der Waals surface area contributed by atoms with Gasteiger partial charge in [-0.05, 0) is 38.5 Å². The van der Waals surface area contributed by atoms with Crippen molar-refractivity contribution in [3.05, 3.63) is 58.9 Å². The van der Waals surface area contributed by atoms with E-state index in [2.05, 4.69) is 25.1 Å². The largest absolute Gasteiger partial charge is 0.494 e. The fourth-order valence-electron chi connectivity index (χ4n) is 3.57. The van der Waals surface area contributed by atoms with Crippen LogP contribution in [0.4, 0.5) is 0 Å². The lowest BCUT2D eigenvalue weighted by Crippen LogP contribution is -2.29. The molecular weight excluding hydrogens is 504 g/mol. The summed E-state index contributed by atoms with van der Waals surface area (Å²) in [5.74, 6) is 0.839. The van der Waals surface area contributed by atoms with E-state index in [1.807, 2.05) is 12.3 Å². The number of aromatic nitrogens is 6. The zero-order chi connectivity index (χ0) is 26.0. The van der Waals surface area contributed by atoms with Gasteiger partial charge in [-0.25, -0.2) is 23.4 Å². The number of hydrogen-bond acceptors (Lipinski definition) is 11. The number of nitrogens with zero attached hydrogens (tertiary/aromatic N) is 6. The number of aliphatic hydroxyl groups is 1. The molecule has 0 spiro atoms. The molecule has 4 rings (SSSR count). The van der Waals surface area contributed by atoms with Gasteiger partial charge in [0.2, 0.25) is 0 Å². The van der Waals surface area contributed by atoms with Gasteiger partial charge < -0.3 is 14.6 Å². The van der Waals surface area contributed by atoms with E-state index in [-0.39, 0.29) is 11.6 Å². The number of para-hydroxylation sites is 1. The monoisotopic (exact) mass is 530 g/mol. The third kappa shape index (κ3) is 4.94. The second kappa shape index (κ2) is 10.3. The summed E-state index contributed by atoms with van der Waals surface area (Å²) in [5.41, 5.74) is 2.03. The molecule has 3 heterocycles. The van der Waals surface area contributed by atoms with E-state index in [0.717, 1.165) is 11.3 Å². The number of methoxy groups -OCH3 is 2. The molecule has 0 aliphatic carbocycles. The minimum Gasteiger partial charge on any atom is -0.494 e. The summed E-state index contributed by atoms with van der Waals surface area (Å²) in [6.45, 7) is 5.07. The van der Waals surface area contributed by atoms with Crippen LogP contribution in [0.3, 0.4) is 0 Å². The summed E-state index contributed by atoms with van der Waals surface area (Å²) in [4.78, 5) is 12.7. The van der Waals surface area contributed by atoms with Crippen LogP contribution < -0.4 is 9.47 Å². The van der Waals surface area contributed by atoms with Gasteiger partial charge in [0.25, 0.3) is 0 Å². The summed E-state index contributed by atoms with van der Waals surface area (Å²) in [5, 5.41) is 20.4. The van der Waals surface area contributed by atoms with Crippen LogP contribution in [0.5, 0.6) is 11.5 Å². The second-order valence-electron chi connectivity index (χ2n) is 8.16. The van der Waals surface area contributed by atoms with Gasteiger partial charge in [0.1, 0.15) is 29.0 Å². The van der Waals surface area contributed by atoms with E-state index < -0.39 is 26.9 Å². The molecule has 0 saturated heterocycles. The molecule has 11 nitrogen and oxygen atoms in total. The Labute approximate surface area is 212 Å². The van der Waals surface area contributed by atoms with Crippen molar-refractivity contribution < 1.29 is 23.0 Å². The zero-order valence-corrected chi connectivity index (χ0v) is 22.0. The van der Waals surface area contributed by atoms with Crippen LogP contribution in [-0.2, 0) is 15.6 Å². The molecule has 36 heavy (non-hydrogen) atoms. The minimum atomic E-state index is -3.96. The van der Waals surface area contributed by atoms with Crippen LogP contribution in [0.2, 0.25) is 0 Å². The van der Waals surface area contributed by atoms with Crippen molar-refractivity contribution >= 4 is 21.2 Å². The van der Waals surface area contributed by atoms with E-state index in [9.17, 15) is 13.5 Å². The maximum absolute atomic E-state index is 13.5. The molecule has 4 aromatic rings. The summed E-state index contributed by atoms with van der Waals surface area (Å²) < 4.78 is 39.6. The quantitative estimate of drug-likeness (QED) is 0.343. The van der Waals surface area contributed by atoms with E-state index >= 15 is 0 Å². The Kier molecular flexibility index (Phi) is 7.33. The molecule has 0 saturated carbocycles. The molecule has 0 aliphatic heterocycles. The third-order valence-electron chi connectivity index (χ3n) is 5.57.